The van der Waals surface area contributed by atoms with E-state index in [0.717, 1.165) is 25.7 Å². The molecule has 55 heavy (non-hydrogen) atoms. The second kappa shape index (κ2) is 47.5. The Labute approximate surface area is 346 Å². The van der Waals surface area contributed by atoms with E-state index in [0.29, 0.717) is 12.8 Å². The highest BCUT2D eigenvalue weighted by molar-refractivity contribution is 5.76. The Balaban J connectivity index is 3.46. The van der Waals surface area contributed by atoms with Crippen LogP contribution in [0, 0.1) is 0 Å². The molecule has 3 N–H and O–H groups in total. The highest BCUT2D eigenvalue weighted by Crippen LogP contribution is 2.17. The summed E-state index contributed by atoms with van der Waals surface area (Å²) in [5.41, 5.74) is 0. The Hall–Kier alpha value is -0.870. The molecule has 4 heteroatoms. The van der Waals surface area contributed by atoms with Gasteiger partial charge in [-0.3, -0.25) is 4.79 Å². The number of rotatable bonds is 47. The minimum Gasteiger partial charge on any atom is -0.394 e. The molecule has 4 nitrogen and oxygen atoms in total. The van der Waals surface area contributed by atoms with Gasteiger partial charge in [0.25, 0.3) is 0 Å². The normalized spacial score (nSPS) is 12.9. The lowest BCUT2D eigenvalue weighted by Gasteiger charge is -2.22. The van der Waals surface area contributed by atoms with Crippen LogP contribution in [0.1, 0.15) is 290 Å². The Morgan fingerprint density at radius 3 is 1.00 bits per heavy atom. The number of aliphatic hydroxyl groups excluding tert-OH is 2. The van der Waals surface area contributed by atoms with E-state index in [1.54, 1.807) is 0 Å². The van der Waals surface area contributed by atoms with Crippen molar-refractivity contribution < 1.29 is 15.0 Å². The van der Waals surface area contributed by atoms with Crippen molar-refractivity contribution in [3.05, 3.63) is 12.2 Å². The zero-order valence-corrected chi connectivity index (χ0v) is 37.7. The maximum absolute atomic E-state index is 12.5. The fourth-order valence-electron chi connectivity index (χ4n) is 8.12. The van der Waals surface area contributed by atoms with Crippen molar-refractivity contribution in [2.75, 3.05) is 6.61 Å². The van der Waals surface area contributed by atoms with Crippen molar-refractivity contribution in [2.45, 2.75) is 302 Å². The molecule has 0 saturated heterocycles. The van der Waals surface area contributed by atoms with Crippen molar-refractivity contribution in [3.63, 3.8) is 0 Å². The number of hydrogen-bond donors (Lipinski definition) is 3. The molecular formula is C51H101NO3. The van der Waals surface area contributed by atoms with Crippen LogP contribution in [0.4, 0.5) is 0 Å². The second-order valence-electron chi connectivity index (χ2n) is 17.6. The summed E-state index contributed by atoms with van der Waals surface area (Å²) >= 11 is 0. The summed E-state index contributed by atoms with van der Waals surface area (Å²) in [6, 6.07) is -0.536. The first-order chi connectivity index (χ1) is 27.2. The molecule has 0 aliphatic carbocycles. The van der Waals surface area contributed by atoms with Crippen LogP contribution in [-0.4, -0.2) is 34.9 Å². The SMILES string of the molecule is CCCCCCCCCCCCCC/C=C\CCCCCCCCCC(=O)NC(CO)C(O)CCCCCCCCCCCCCCCCCCCCCC. The number of amides is 1. The van der Waals surface area contributed by atoms with Crippen LogP contribution < -0.4 is 5.32 Å². The molecule has 1 amide bonds. The van der Waals surface area contributed by atoms with Crippen LogP contribution in [0.25, 0.3) is 0 Å². The third-order valence-electron chi connectivity index (χ3n) is 12.0. The molecule has 0 rings (SSSR count). The Bertz CT molecular complexity index is 754. The number of allylic oxidation sites excluding steroid dienone is 2. The molecule has 2 atom stereocenters. The lowest BCUT2D eigenvalue weighted by atomic mass is 10.0. The fourth-order valence-corrected chi connectivity index (χ4v) is 8.12. The van der Waals surface area contributed by atoms with Gasteiger partial charge in [0.2, 0.25) is 5.91 Å². The van der Waals surface area contributed by atoms with Gasteiger partial charge in [-0.1, -0.05) is 257 Å². The minimum atomic E-state index is -0.659. The number of aliphatic hydroxyl groups is 2. The standard InChI is InChI=1S/C51H101NO3/c1-3-5-7-9-11-13-15-17-19-21-23-25-26-27-29-31-33-35-37-39-41-43-45-47-51(55)52-49(48-53)50(54)46-44-42-40-38-36-34-32-30-28-24-22-20-18-16-14-12-10-8-6-4-2/h27,29,49-50,53-54H,3-26,28,30-48H2,1-2H3,(H,52,55)/b29-27-. The van der Waals surface area contributed by atoms with E-state index < -0.39 is 12.1 Å². The van der Waals surface area contributed by atoms with Crippen LogP contribution >= 0.6 is 0 Å². The van der Waals surface area contributed by atoms with Crippen molar-refractivity contribution >= 4 is 5.91 Å². The monoisotopic (exact) mass is 776 g/mol. The van der Waals surface area contributed by atoms with E-state index in [1.165, 1.54) is 238 Å². The van der Waals surface area contributed by atoms with E-state index in [4.69, 9.17) is 0 Å². The summed E-state index contributed by atoms with van der Waals surface area (Å²) in [4.78, 5) is 12.5. The molecule has 0 aromatic carbocycles. The summed E-state index contributed by atoms with van der Waals surface area (Å²) in [6.07, 6.45) is 60.3. The van der Waals surface area contributed by atoms with Gasteiger partial charge in [0, 0.05) is 6.42 Å². The first-order valence-electron chi connectivity index (χ1n) is 25.4. The number of carbonyl (C=O) groups excluding carboxylic acids is 1. The lowest BCUT2D eigenvalue weighted by molar-refractivity contribution is -0.123. The number of nitrogens with one attached hydrogen (secondary N) is 1. The lowest BCUT2D eigenvalue weighted by Crippen LogP contribution is -2.45. The van der Waals surface area contributed by atoms with Gasteiger partial charge in [-0.15, -0.1) is 0 Å². The molecule has 0 aromatic heterocycles. The van der Waals surface area contributed by atoms with Crippen molar-refractivity contribution in [2.24, 2.45) is 0 Å². The predicted octanol–water partition coefficient (Wildman–Crippen LogP) is 16.2. The Morgan fingerprint density at radius 1 is 0.418 bits per heavy atom. The summed E-state index contributed by atoms with van der Waals surface area (Å²) in [5.74, 6) is -0.0307. The van der Waals surface area contributed by atoms with E-state index >= 15 is 0 Å². The van der Waals surface area contributed by atoms with E-state index in [9.17, 15) is 15.0 Å². The zero-order valence-electron chi connectivity index (χ0n) is 37.7. The third-order valence-corrected chi connectivity index (χ3v) is 12.0. The van der Waals surface area contributed by atoms with Crippen LogP contribution in [-0.2, 0) is 4.79 Å². The molecule has 0 fully saturated rings. The Morgan fingerprint density at radius 2 is 0.691 bits per heavy atom. The Kier molecular flexibility index (Phi) is 46.8. The molecule has 2 unspecified atom stereocenters. The average Bonchev–Trinajstić information content (AvgIpc) is 3.19. The van der Waals surface area contributed by atoms with Gasteiger partial charge in [0.1, 0.15) is 0 Å². The topological polar surface area (TPSA) is 69.6 Å². The molecule has 328 valence electrons. The maximum atomic E-state index is 12.5. The van der Waals surface area contributed by atoms with Crippen molar-refractivity contribution in [3.8, 4) is 0 Å². The molecule has 0 heterocycles. The summed E-state index contributed by atoms with van der Waals surface area (Å²) in [7, 11) is 0. The second-order valence-corrected chi connectivity index (χ2v) is 17.6. The van der Waals surface area contributed by atoms with Crippen molar-refractivity contribution in [1.29, 1.82) is 0 Å². The van der Waals surface area contributed by atoms with E-state index in [2.05, 4.69) is 31.3 Å². The highest BCUT2D eigenvalue weighted by Gasteiger charge is 2.20. The third kappa shape index (κ3) is 44.1. The first kappa shape index (κ1) is 54.1. The summed E-state index contributed by atoms with van der Waals surface area (Å²) in [5, 5.41) is 23.3. The van der Waals surface area contributed by atoms with Gasteiger partial charge in [-0.25, -0.2) is 0 Å². The molecule has 0 bridgehead atoms. The fraction of sp³-hybridized carbons (Fsp3) is 0.941. The van der Waals surface area contributed by atoms with Crippen LogP contribution in [0.15, 0.2) is 12.2 Å². The van der Waals surface area contributed by atoms with E-state index in [-0.39, 0.29) is 12.5 Å². The minimum absolute atomic E-state index is 0.0307. The summed E-state index contributed by atoms with van der Waals surface area (Å²) in [6.45, 7) is 4.39. The number of carbonyl (C=O) groups is 1. The average molecular weight is 776 g/mol. The van der Waals surface area contributed by atoms with Crippen LogP contribution in [0.5, 0.6) is 0 Å². The smallest absolute Gasteiger partial charge is 0.220 e. The molecule has 0 aliphatic heterocycles. The van der Waals surface area contributed by atoms with E-state index in [1.807, 2.05) is 0 Å². The molecule has 0 aliphatic rings. The van der Waals surface area contributed by atoms with Crippen LogP contribution in [0.3, 0.4) is 0 Å². The van der Waals surface area contributed by atoms with Crippen LogP contribution in [0.2, 0.25) is 0 Å². The van der Waals surface area contributed by atoms with Gasteiger partial charge in [-0.2, -0.15) is 0 Å². The van der Waals surface area contributed by atoms with Crippen molar-refractivity contribution in [1.82, 2.24) is 5.32 Å². The first-order valence-corrected chi connectivity index (χ1v) is 25.4. The van der Waals surface area contributed by atoms with Gasteiger partial charge in [-0.05, 0) is 38.5 Å². The largest absolute Gasteiger partial charge is 0.394 e. The summed E-state index contributed by atoms with van der Waals surface area (Å²) < 4.78 is 0. The molecule has 0 aromatic rings. The van der Waals surface area contributed by atoms with Gasteiger partial charge >= 0.3 is 0 Å². The quantitative estimate of drug-likeness (QED) is 0.0426. The maximum Gasteiger partial charge on any atom is 0.220 e. The molecular weight excluding hydrogens is 675 g/mol. The molecule has 0 saturated carbocycles. The zero-order chi connectivity index (χ0) is 40.0. The molecule has 0 radical (unpaired) electrons. The highest BCUT2D eigenvalue weighted by atomic mass is 16.3. The van der Waals surface area contributed by atoms with Gasteiger partial charge in [0.05, 0.1) is 18.8 Å². The predicted molar refractivity (Wildman–Crippen MR) is 244 cm³/mol. The number of hydrogen-bond acceptors (Lipinski definition) is 3. The molecule has 0 spiro atoms. The van der Waals surface area contributed by atoms with Gasteiger partial charge < -0.3 is 15.5 Å². The number of unbranched alkanes of at least 4 members (excludes halogenated alkanes) is 38. The van der Waals surface area contributed by atoms with Gasteiger partial charge in [0.15, 0.2) is 0 Å².